The molecule has 1 atom stereocenters. The summed E-state index contributed by atoms with van der Waals surface area (Å²) in [6.45, 7) is 0.809. The van der Waals surface area contributed by atoms with E-state index in [1.54, 1.807) is 30.3 Å². The van der Waals surface area contributed by atoms with Crippen molar-refractivity contribution in [2.75, 3.05) is 0 Å². The Morgan fingerprint density at radius 2 is 2.00 bits per heavy atom. The molecule has 2 aromatic rings. The normalized spacial score (nSPS) is 14.9. The van der Waals surface area contributed by atoms with Crippen LogP contribution in [0.15, 0.2) is 36.5 Å². The van der Waals surface area contributed by atoms with Gasteiger partial charge in [-0.25, -0.2) is 4.79 Å². The van der Waals surface area contributed by atoms with Crippen LogP contribution in [0.1, 0.15) is 40.5 Å². The second-order valence-corrected chi connectivity index (χ2v) is 5.34. The van der Waals surface area contributed by atoms with E-state index in [4.69, 9.17) is 0 Å². The maximum Gasteiger partial charge on any atom is 0.330 e. The van der Waals surface area contributed by atoms with Crippen molar-refractivity contribution in [3.8, 4) is 0 Å². The predicted octanol–water partition coefficient (Wildman–Crippen LogP) is 1.78. The van der Waals surface area contributed by atoms with Gasteiger partial charge in [-0.2, -0.15) is 5.10 Å². The van der Waals surface area contributed by atoms with Crippen LogP contribution in [-0.4, -0.2) is 26.8 Å². The van der Waals surface area contributed by atoms with Crippen LogP contribution < -0.4 is 5.32 Å². The van der Waals surface area contributed by atoms with Crippen LogP contribution >= 0.6 is 0 Å². The summed E-state index contributed by atoms with van der Waals surface area (Å²) in [6, 6.07) is 7.61. The van der Waals surface area contributed by atoms with E-state index < -0.39 is 12.0 Å². The van der Waals surface area contributed by atoms with Crippen LogP contribution in [0.5, 0.6) is 0 Å². The molecule has 0 saturated carbocycles. The van der Waals surface area contributed by atoms with Crippen molar-refractivity contribution >= 4 is 11.9 Å². The van der Waals surface area contributed by atoms with Crippen molar-refractivity contribution < 1.29 is 14.7 Å². The Labute approximate surface area is 127 Å². The third-order valence-electron chi connectivity index (χ3n) is 3.88. The topological polar surface area (TPSA) is 84.2 Å². The molecule has 1 aromatic heterocycles. The smallest absolute Gasteiger partial charge is 0.330 e. The number of aliphatic carboxylic acids is 1. The van der Waals surface area contributed by atoms with E-state index in [1.807, 2.05) is 4.68 Å². The predicted molar refractivity (Wildman–Crippen MR) is 79.5 cm³/mol. The number of rotatable bonds is 4. The van der Waals surface area contributed by atoms with Crippen LogP contribution in [0, 0.1) is 0 Å². The van der Waals surface area contributed by atoms with E-state index in [0.717, 1.165) is 31.5 Å². The van der Waals surface area contributed by atoms with Gasteiger partial charge in [0.2, 0.25) is 0 Å². The number of aromatic nitrogens is 2. The highest BCUT2D eigenvalue weighted by molar-refractivity contribution is 5.97. The third kappa shape index (κ3) is 2.72. The Bertz CT molecular complexity index is 694. The molecule has 0 fully saturated rings. The highest BCUT2D eigenvalue weighted by Gasteiger charge is 2.26. The minimum atomic E-state index is -1.08. The average Bonchev–Trinajstić information content (AvgIpc) is 2.97. The average molecular weight is 299 g/mol. The Morgan fingerprint density at radius 3 is 2.73 bits per heavy atom. The number of benzene rings is 1. The molecule has 6 heteroatoms. The molecule has 3 rings (SSSR count). The number of carbonyl (C=O) groups is 2. The molecule has 1 aromatic carbocycles. The first-order valence-electron chi connectivity index (χ1n) is 7.30. The Kier molecular flexibility index (Phi) is 3.91. The van der Waals surface area contributed by atoms with Crippen molar-refractivity contribution in [2.45, 2.75) is 31.8 Å². The molecule has 22 heavy (non-hydrogen) atoms. The van der Waals surface area contributed by atoms with Crippen LogP contribution in [-0.2, 0) is 17.8 Å². The van der Waals surface area contributed by atoms with Gasteiger partial charge < -0.3 is 10.4 Å². The highest BCUT2D eigenvalue weighted by atomic mass is 16.4. The van der Waals surface area contributed by atoms with E-state index in [1.165, 1.54) is 6.20 Å². The number of carboxylic acids is 1. The molecule has 0 bridgehead atoms. The first kappa shape index (κ1) is 14.3. The van der Waals surface area contributed by atoms with Crippen LogP contribution in [0.25, 0.3) is 0 Å². The lowest BCUT2D eigenvalue weighted by Gasteiger charge is -2.17. The molecule has 0 radical (unpaired) electrons. The molecule has 0 spiro atoms. The number of nitrogens with one attached hydrogen (secondary N) is 1. The second-order valence-electron chi connectivity index (χ2n) is 5.34. The van der Waals surface area contributed by atoms with E-state index >= 15 is 0 Å². The van der Waals surface area contributed by atoms with Gasteiger partial charge >= 0.3 is 5.97 Å². The molecule has 114 valence electrons. The Balaban J connectivity index is 1.83. The maximum atomic E-state index is 12.4. The molecule has 0 unspecified atom stereocenters. The number of hydrogen-bond donors (Lipinski definition) is 2. The van der Waals surface area contributed by atoms with Crippen LogP contribution in [0.2, 0.25) is 0 Å². The number of nitrogens with zero attached hydrogens (tertiary/aromatic N) is 2. The van der Waals surface area contributed by atoms with Crippen molar-refractivity contribution in [1.29, 1.82) is 0 Å². The lowest BCUT2D eigenvalue weighted by atomic mass is 10.0. The lowest BCUT2D eigenvalue weighted by Crippen LogP contribution is -2.34. The number of amides is 1. The number of aryl methyl sites for hydroxylation is 1. The van der Waals surface area contributed by atoms with Gasteiger partial charge in [-0.1, -0.05) is 30.3 Å². The largest absolute Gasteiger partial charge is 0.479 e. The number of hydrogen-bond acceptors (Lipinski definition) is 3. The van der Waals surface area contributed by atoms with Gasteiger partial charge in [-0.3, -0.25) is 9.48 Å². The Hall–Kier alpha value is -2.63. The molecule has 1 amide bonds. The molecular weight excluding hydrogens is 282 g/mol. The quantitative estimate of drug-likeness (QED) is 0.901. The molecule has 1 aliphatic heterocycles. The summed E-state index contributed by atoms with van der Waals surface area (Å²) >= 11 is 0. The summed E-state index contributed by atoms with van der Waals surface area (Å²) in [7, 11) is 0. The number of fused-ring (bicyclic) bond motifs is 1. The van der Waals surface area contributed by atoms with Crippen molar-refractivity contribution in [3.63, 3.8) is 0 Å². The lowest BCUT2D eigenvalue weighted by molar-refractivity contribution is -0.139. The van der Waals surface area contributed by atoms with Crippen molar-refractivity contribution in [3.05, 3.63) is 53.3 Å². The van der Waals surface area contributed by atoms with Crippen molar-refractivity contribution in [1.82, 2.24) is 15.1 Å². The fourth-order valence-corrected chi connectivity index (χ4v) is 2.75. The molecule has 0 saturated heterocycles. The monoisotopic (exact) mass is 299 g/mol. The summed E-state index contributed by atoms with van der Waals surface area (Å²) in [5, 5.41) is 16.2. The van der Waals surface area contributed by atoms with Gasteiger partial charge in [0.05, 0.1) is 17.5 Å². The summed E-state index contributed by atoms with van der Waals surface area (Å²) < 4.78 is 1.83. The van der Waals surface area contributed by atoms with Crippen molar-refractivity contribution in [2.24, 2.45) is 0 Å². The summed E-state index contributed by atoms with van der Waals surface area (Å²) in [5.74, 6) is -1.47. The summed E-state index contributed by atoms with van der Waals surface area (Å²) in [4.78, 5) is 23.9. The Morgan fingerprint density at radius 1 is 1.23 bits per heavy atom. The molecule has 2 N–H and O–H groups in total. The summed E-state index contributed by atoms with van der Waals surface area (Å²) in [6.07, 6.45) is 4.40. The van der Waals surface area contributed by atoms with Gasteiger partial charge in [0.15, 0.2) is 6.04 Å². The SMILES string of the molecule is O=C(N[C@H](C(=O)O)c1ccccc1)c1cnn2c1CCCC2. The zero-order chi connectivity index (χ0) is 15.5. The maximum absolute atomic E-state index is 12.4. The van der Waals surface area contributed by atoms with Crippen LogP contribution in [0.3, 0.4) is 0 Å². The second kappa shape index (κ2) is 6.01. The van der Waals surface area contributed by atoms with Gasteiger partial charge in [-0.05, 0) is 24.8 Å². The standard InChI is InChI=1S/C16H17N3O3/c20-15(12-10-17-19-9-5-4-8-13(12)19)18-14(16(21)22)11-6-2-1-3-7-11/h1-3,6-7,10,14H,4-5,8-9H2,(H,18,20)(H,21,22)/t14-/m0/s1. The van der Waals surface area contributed by atoms with Crippen LogP contribution in [0.4, 0.5) is 0 Å². The molecule has 2 heterocycles. The molecular formula is C16H17N3O3. The number of carboxylic acid groups (broad SMARTS) is 1. The van der Waals surface area contributed by atoms with Gasteiger partial charge in [0.1, 0.15) is 0 Å². The number of carbonyl (C=O) groups excluding carboxylic acids is 1. The zero-order valence-corrected chi connectivity index (χ0v) is 12.0. The minimum Gasteiger partial charge on any atom is -0.479 e. The van der Waals surface area contributed by atoms with E-state index in [-0.39, 0.29) is 5.91 Å². The fourth-order valence-electron chi connectivity index (χ4n) is 2.75. The van der Waals surface area contributed by atoms with Gasteiger partial charge in [0.25, 0.3) is 5.91 Å². The van der Waals surface area contributed by atoms with Gasteiger partial charge in [0, 0.05) is 6.54 Å². The zero-order valence-electron chi connectivity index (χ0n) is 12.0. The third-order valence-corrected chi connectivity index (χ3v) is 3.88. The van der Waals surface area contributed by atoms with Gasteiger partial charge in [-0.15, -0.1) is 0 Å². The molecule has 1 aliphatic rings. The first-order valence-corrected chi connectivity index (χ1v) is 7.30. The minimum absolute atomic E-state index is 0.389. The van der Waals surface area contributed by atoms with E-state index in [9.17, 15) is 14.7 Å². The first-order chi connectivity index (χ1) is 10.7. The summed E-state index contributed by atoms with van der Waals surface area (Å²) in [5.41, 5.74) is 1.91. The molecule has 0 aliphatic carbocycles. The van der Waals surface area contributed by atoms with E-state index in [0.29, 0.717) is 11.1 Å². The molecule has 6 nitrogen and oxygen atoms in total. The fraction of sp³-hybridized carbons (Fsp3) is 0.312. The highest BCUT2D eigenvalue weighted by Crippen LogP contribution is 2.20. The van der Waals surface area contributed by atoms with E-state index in [2.05, 4.69) is 10.4 Å².